The van der Waals surface area contributed by atoms with Gasteiger partial charge in [0, 0.05) is 12.8 Å². The van der Waals surface area contributed by atoms with E-state index in [-0.39, 0.29) is 18.0 Å². The van der Waals surface area contributed by atoms with Gasteiger partial charge in [-0.15, -0.1) is 0 Å². The third-order valence-electron chi connectivity index (χ3n) is 5.81. The lowest BCUT2D eigenvalue weighted by molar-refractivity contribution is -0.155. The number of rotatable bonds is 23. The minimum atomic E-state index is -3.85. The molecule has 36 heavy (non-hydrogen) atoms. The molecular weight excluding hydrogens is 482 g/mol. The maximum atomic E-state index is 11.7. The van der Waals surface area contributed by atoms with Gasteiger partial charge in [0.25, 0.3) is 0 Å². The Balaban J connectivity index is 3.36. The molecule has 0 saturated carbocycles. The lowest BCUT2D eigenvalue weighted by Crippen LogP contribution is -2.33. The number of aliphatic carboxylic acids is 1. The molecule has 0 aromatic heterocycles. The van der Waals surface area contributed by atoms with E-state index in [0.29, 0.717) is 12.8 Å². The number of carbonyl (C=O) groups is 3. The number of hydrogen-bond acceptors (Lipinski definition) is 6. The maximum Gasteiger partial charge on any atom is 0.306 e. The van der Waals surface area contributed by atoms with Crippen LogP contribution < -0.4 is 4.72 Å². The highest BCUT2D eigenvalue weighted by Gasteiger charge is 2.16. The van der Waals surface area contributed by atoms with Crippen LogP contribution in [0.2, 0.25) is 0 Å². The number of ether oxygens (including phenoxy) is 1. The van der Waals surface area contributed by atoms with E-state index in [4.69, 9.17) is 9.84 Å². The highest BCUT2D eigenvalue weighted by atomic mass is 32.2. The molecule has 0 saturated heterocycles. The van der Waals surface area contributed by atoms with Crippen molar-refractivity contribution < 1.29 is 32.6 Å². The molecule has 212 valence electrons. The number of esters is 1. The summed E-state index contributed by atoms with van der Waals surface area (Å²) >= 11 is 0. The molecule has 0 aromatic rings. The molecule has 0 unspecified atom stereocenters. The first-order valence-corrected chi connectivity index (χ1v) is 15.5. The number of carboxylic acids is 1. The fraction of sp³-hybridized carbons (Fsp3) is 0.889. The third-order valence-corrected chi connectivity index (χ3v) is 7.09. The first kappa shape index (κ1) is 34.4. The lowest BCUT2D eigenvalue weighted by Gasteiger charge is -2.19. The Kier molecular flexibility index (Phi) is 19.5. The van der Waals surface area contributed by atoms with Crippen LogP contribution in [-0.4, -0.2) is 42.7 Å². The van der Waals surface area contributed by atoms with Crippen LogP contribution in [-0.2, 0) is 29.1 Å². The van der Waals surface area contributed by atoms with Gasteiger partial charge < -0.3 is 9.84 Å². The molecule has 2 N–H and O–H groups in total. The molecular formula is C27H51NO7S. The number of nitrogens with one attached hydrogen (secondary N) is 1. The Bertz CT molecular complexity index is 714. The maximum absolute atomic E-state index is 11.7. The van der Waals surface area contributed by atoms with E-state index in [0.717, 1.165) is 32.1 Å². The van der Waals surface area contributed by atoms with E-state index >= 15 is 0 Å². The zero-order valence-electron chi connectivity index (χ0n) is 22.9. The average molecular weight is 534 g/mol. The molecule has 0 radical (unpaired) electrons. The van der Waals surface area contributed by atoms with Crippen LogP contribution in [0.5, 0.6) is 0 Å². The van der Waals surface area contributed by atoms with Crippen molar-refractivity contribution in [3.8, 4) is 0 Å². The van der Waals surface area contributed by atoms with E-state index in [1.54, 1.807) is 0 Å². The minimum Gasteiger partial charge on any atom is -0.481 e. The van der Waals surface area contributed by atoms with Crippen LogP contribution in [0.3, 0.4) is 0 Å². The monoisotopic (exact) mass is 533 g/mol. The van der Waals surface area contributed by atoms with Crippen LogP contribution in [0.4, 0.5) is 0 Å². The van der Waals surface area contributed by atoms with Gasteiger partial charge in [0.05, 0.1) is 12.2 Å². The molecule has 8 nitrogen and oxygen atoms in total. The first-order chi connectivity index (χ1) is 16.9. The SMILES string of the molecule is CC(C)(C)OC(=O)CCCCCCCCCCCCCCCCCCC(=O)NS(=O)(=O)CCC(=O)O. The van der Waals surface area contributed by atoms with Gasteiger partial charge in [-0.3, -0.25) is 19.1 Å². The normalized spacial score (nSPS) is 11.9. The number of carboxylic acid groups (broad SMARTS) is 1. The van der Waals surface area contributed by atoms with Gasteiger partial charge in [0.2, 0.25) is 15.9 Å². The summed E-state index contributed by atoms with van der Waals surface area (Å²) < 4.78 is 30.4. The second kappa shape index (κ2) is 20.4. The third kappa shape index (κ3) is 25.5. The van der Waals surface area contributed by atoms with Crippen LogP contribution >= 0.6 is 0 Å². The quantitative estimate of drug-likeness (QED) is 0.117. The highest BCUT2D eigenvalue weighted by Crippen LogP contribution is 2.15. The second-order valence-corrected chi connectivity index (χ2v) is 12.6. The number of unbranched alkanes of at least 4 members (excludes halogenated alkanes) is 15. The van der Waals surface area contributed by atoms with Gasteiger partial charge >= 0.3 is 11.9 Å². The van der Waals surface area contributed by atoms with Gasteiger partial charge in [-0.25, -0.2) is 8.42 Å². The van der Waals surface area contributed by atoms with Crippen molar-refractivity contribution in [2.45, 2.75) is 148 Å². The molecule has 0 bridgehead atoms. The zero-order valence-corrected chi connectivity index (χ0v) is 23.8. The Morgan fingerprint density at radius 3 is 1.36 bits per heavy atom. The summed E-state index contributed by atoms with van der Waals surface area (Å²) in [5.74, 6) is -2.43. The van der Waals surface area contributed by atoms with E-state index in [1.165, 1.54) is 64.2 Å². The molecule has 0 aliphatic heterocycles. The van der Waals surface area contributed by atoms with Crippen molar-refractivity contribution in [1.29, 1.82) is 0 Å². The van der Waals surface area contributed by atoms with Crippen LogP contribution in [0.25, 0.3) is 0 Å². The molecule has 1 amide bonds. The Hall–Kier alpha value is -1.64. The zero-order chi connectivity index (χ0) is 27.3. The Labute approximate surface area is 219 Å². The van der Waals surface area contributed by atoms with Gasteiger partial charge in [0.1, 0.15) is 5.60 Å². The van der Waals surface area contributed by atoms with Gasteiger partial charge in [-0.2, -0.15) is 0 Å². The summed E-state index contributed by atoms with van der Waals surface area (Å²) in [6.07, 6.45) is 18.5. The van der Waals surface area contributed by atoms with Crippen LogP contribution in [0, 0.1) is 0 Å². The fourth-order valence-electron chi connectivity index (χ4n) is 3.92. The first-order valence-electron chi connectivity index (χ1n) is 13.9. The molecule has 0 spiro atoms. The predicted octanol–water partition coefficient (Wildman–Crippen LogP) is 6.27. The molecule has 0 aliphatic carbocycles. The summed E-state index contributed by atoms with van der Waals surface area (Å²) in [4.78, 5) is 33.7. The standard InChI is InChI=1S/C27H51NO7S/c1-27(2,3)35-26(32)21-19-17-15-13-11-9-7-5-4-6-8-10-12-14-16-18-20-24(29)28-36(33,34)23-22-25(30)31/h4-23H2,1-3H3,(H,28,29)(H,30,31). The fourth-order valence-corrected chi connectivity index (χ4v) is 4.91. The van der Waals surface area contributed by atoms with Gasteiger partial charge in [-0.05, 0) is 33.6 Å². The van der Waals surface area contributed by atoms with Gasteiger partial charge in [0.15, 0.2) is 0 Å². The molecule has 0 rings (SSSR count). The Morgan fingerprint density at radius 2 is 1.00 bits per heavy atom. The predicted molar refractivity (Wildman–Crippen MR) is 143 cm³/mol. The molecule has 0 heterocycles. The van der Waals surface area contributed by atoms with Gasteiger partial charge in [-0.1, -0.05) is 89.9 Å². The van der Waals surface area contributed by atoms with E-state index in [1.807, 2.05) is 25.5 Å². The minimum absolute atomic E-state index is 0.0886. The van der Waals surface area contributed by atoms with Crippen molar-refractivity contribution in [2.24, 2.45) is 0 Å². The molecule has 0 fully saturated rings. The van der Waals surface area contributed by atoms with E-state index in [9.17, 15) is 22.8 Å². The number of hydrogen-bond donors (Lipinski definition) is 2. The second-order valence-electron chi connectivity index (χ2n) is 10.7. The van der Waals surface area contributed by atoms with E-state index in [2.05, 4.69) is 0 Å². The summed E-state index contributed by atoms with van der Waals surface area (Å²) in [7, 11) is -3.85. The largest absolute Gasteiger partial charge is 0.481 e. The number of sulfonamides is 1. The van der Waals surface area contributed by atoms with Crippen LogP contribution in [0.15, 0.2) is 0 Å². The summed E-state index contributed by atoms with van der Waals surface area (Å²) in [6, 6.07) is 0. The highest BCUT2D eigenvalue weighted by molar-refractivity contribution is 7.90. The summed E-state index contributed by atoms with van der Waals surface area (Å²) in [5, 5.41) is 8.52. The van der Waals surface area contributed by atoms with Crippen molar-refractivity contribution in [3.05, 3.63) is 0 Å². The molecule has 0 aromatic carbocycles. The summed E-state index contributed by atoms with van der Waals surface area (Å²) in [5.41, 5.74) is -0.387. The topological polar surface area (TPSA) is 127 Å². The van der Waals surface area contributed by atoms with Crippen LogP contribution in [0.1, 0.15) is 143 Å². The Morgan fingerprint density at radius 1 is 0.639 bits per heavy atom. The molecule has 0 atom stereocenters. The summed E-state index contributed by atoms with van der Waals surface area (Å²) in [6.45, 7) is 5.70. The van der Waals surface area contributed by atoms with E-state index < -0.39 is 34.1 Å². The van der Waals surface area contributed by atoms with Crippen molar-refractivity contribution in [3.63, 3.8) is 0 Å². The molecule has 0 aliphatic rings. The lowest BCUT2D eigenvalue weighted by atomic mass is 10.0. The number of amides is 1. The van der Waals surface area contributed by atoms with Crippen molar-refractivity contribution in [2.75, 3.05) is 5.75 Å². The smallest absolute Gasteiger partial charge is 0.306 e. The average Bonchev–Trinajstić information content (AvgIpc) is 2.75. The van der Waals surface area contributed by atoms with Crippen molar-refractivity contribution in [1.82, 2.24) is 4.72 Å². The number of carbonyl (C=O) groups excluding carboxylic acids is 2. The van der Waals surface area contributed by atoms with Crippen molar-refractivity contribution >= 4 is 27.9 Å². The molecule has 9 heteroatoms.